The van der Waals surface area contributed by atoms with E-state index < -0.39 is 11.6 Å². The number of ether oxygens (including phenoxy) is 1. The molecule has 7 heteroatoms. The van der Waals surface area contributed by atoms with Gasteiger partial charge in [0, 0.05) is 11.6 Å². The molecule has 1 aromatic heterocycles. The number of amides is 2. The molecule has 2 rings (SSSR count). The molecule has 0 bridgehead atoms. The van der Waals surface area contributed by atoms with E-state index in [1.165, 1.54) is 4.90 Å². The van der Waals surface area contributed by atoms with E-state index in [1.807, 2.05) is 20.8 Å². The first-order valence-electron chi connectivity index (χ1n) is 7.16. The number of hydrogen-bond donors (Lipinski definition) is 1. The highest BCUT2D eigenvalue weighted by Gasteiger charge is 2.30. The summed E-state index contributed by atoms with van der Waals surface area (Å²) in [7, 11) is 0. The molecule has 0 aromatic carbocycles. The minimum absolute atomic E-state index is 0.202. The molecule has 1 aliphatic carbocycles. The van der Waals surface area contributed by atoms with Crippen molar-refractivity contribution in [3.8, 4) is 0 Å². The van der Waals surface area contributed by atoms with Gasteiger partial charge in [-0.05, 0) is 61.7 Å². The number of carbonyl (C=O) groups is 2. The highest BCUT2D eigenvalue weighted by molar-refractivity contribution is 9.10. The highest BCUT2D eigenvalue weighted by Crippen LogP contribution is 2.24. The number of rotatable bonds is 4. The van der Waals surface area contributed by atoms with Gasteiger partial charge >= 0.3 is 6.09 Å². The Morgan fingerprint density at radius 2 is 2.09 bits per heavy atom. The molecule has 0 aliphatic heterocycles. The first-order chi connectivity index (χ1) is 10.3. The van der Waals surface area contributed by atoms with Crippen LogP contribution >= 0.6 is 15.9 Å². The second kappa shape index (κ2) is 6.64. The number of pyridine rings is 1. The number of hydrogen-bond acceptors (Lipinski definition) is 4. The number of alkyl carbamates (subject to hydrolysis) is 1. The van der Waals surface area contributed by atoms with Crippen LogP contribution in [-0.4, -0.2) is 35.2 Å². The molecule has 0 radical (unpaired) electrons. The standard InChI is InChI=1S/C15H20BrN3O3/c1-15(2,3)19(12-6-4-5-11(16)18-12)13(20)9-22-14(21)17-10-7-8-10/h4-6,10H,7-9H2,1-3H3,(H,17,21). The van der Waals surface area contributed by atoms with E-state index in [4.69, 9.17) is 4.74 Å². The van der Waals surface area contributed by atoms with Crippen LogP contribution in [0.15, 0.2) is 22.8 Å². The van der Waals surface area contributed by atoms with Crippen molar-refractivity contribution in [2.45, 2.75) is 45.2 Å². The SMILES string of the molecule is CC(C)(C)N(C(=O)COC(=O)NC1CC1)c1cccc(Br)n1. The van der Waals surface area contributed by atoms with Crippen LogP contribution in [0, 0.1) is 0 Å². The van der Waals surface area contributed by atoms with Crippen LogP contribution in [0.2, 0.25) is 0 Å². The first-order valence-corrected chi connectivity index (χ1v) is 7.95. The quantitative estimate of drug-likeness (QED) is 0.828. The largest absolute Gasteiger partial charge is 0.439 e. The van der Waals surface area contributed by atoms with Gasteiger partial charge in [0.2, 0.25) is 0 Å². The van der Waals surface area contributed by atoms with Crippen LogP contribution < -0.4 is 10.2 Å². The van der Waals surface area contributed by atoms with Gasteiger partial charge in [-0.1, -0.05) is 6.07 Å². The van der Waals surface area contributed by atoms with Crippen molar-refractivity contribution in [3.05, 3.63) is 22.8 Å². The molecule has 6 nitrogen and oxygen atoms in total. The Bertz CT molecular complexity index is 567. The lowest BCUT2D eigenvalue weighted by molar-refractivity contribution is -0.122. The van der Waals surface area contributed by atoms with Crippen LogP contribution in [0.1, 0.15) is 33.6 Å². The maximum atomic E-state index is 12.5. The summed E-state index contributed by atoms with van der Waals surface area (Å²) in [6, 6.07) is 5.54. The lowest BCUT2D eigenvalue weighted by atomic mass is 10.1. The molecule has 0 unspecified atom stereocenters. The fourth-order valence-electron chi connectivity index (χ4n) is 2.00. The van der Waals surface area contributed by atoms with Crippen LogP contribution in [0.25, 0.3) is 0 Å². The van der Waals surface area contributed by atoms with Crippen molar-refractivity contribution in [2.75, 3.05) is 11.5 Å². The van der Waals surface area contributed by atoms with E-state index >= 15 is 0 Å². The molecule has 1 heterocycles. The molecule has 0 saturated heterocycles. The van der Waals surface area contributed by atoms with Crippen molar-refractivity contribution in [1.82, 2.24) is 10.3 Å². The predicted molar refractivity (Wildman–Crippen MR) is 86.7 cm³/mol. The highest BCUT2D eigenvalue weighted by atomic mass is 79.9. The fourth-order valence-corrected chi connectivity index (χ4v) is 2.33. The Labute approximate surface area is 138 Å². The zero-order valence-electron chi connectivity index (χ0n) is 12.9. The molecule has 0 spiro atoms. The predicted octanol–water partition coefficient (Wildman–Crippen LogP) is 2.86. The van der Waals surface area contributed by atoms with Crippen LogP contribution in [0.4, 0.5) is 10.6 Å². The smallest absolute Gasteiger partial charge is 0.407 e. The zero-order valence-corrected chi connectivity index (χ0v) is 14.5. The Balaban J connectivity index is 2.04. The van der Waals surface area contributed by atoms with Gasteiger partial charge in [0.1, 0.15) is 10.4 Å². The lowest BCUT2D eigenvalue weighted by Gasteiger charge is -2.34. The van der Waals surface area contributed by atoms with Gasteiger partial charge in [-0.2, -0.15) is 0 Å². The Hall–Kier alpha value is -1.63. The Morgan fingerprint density at radius 3 is 2.64 bits per heavy atom. The Kier molecular flexibility index (Phi) is 5.05. The van der Waals surface area contributed by atoms with Gasteiger partial charge < -0.3 is 10.1 Å². The molecule has 22 heavy (non-hydrogen) atoms. The summed E-state index contributed by atoms with van der Waals surface area (Å²) in [4.78, 5) is 29.8. The van der Waals surface area contributed by atoms with E-state index in [-0.39, 0.29) is 18.6 Å². The molecule has 0 atom stereocenters. The summed E-state index contributed by atoms with van der Waals surface area (Å²) in [5.74, 6) is 0.196. The molecule has 1 aromatic rings. The second-order valence-electron chi connectivity index (χ2n) is 6.21. The average molecular weight is 370 g/mol. The summed E-state index contributed by atoms with van der Waals surface area (Å²) in [6.07, 6.45) is 1.39. The van der Waals surface area contributed by atoms with Crippen molar-refractivity contribution < 1.29 is 14.3 Å². The van der Waals surface area contributed by atoms with E-state index in [0.29, 0.717) is 10.4 Å². The summed E-state index contributed by atoms with van der Waals surface area (Å²) >= 11 is 3.30. The maximum Gasteiger partial charge on any atom is 0.407 e. The van der Waals surface area contributed by atoms with Crippen molar-refractivity contribution in [2.24, 2.45) is 0 Å². The number of carbonyl (C=O) groups excluding carboxylic acids is 2. The van der Waals surface area contributed by atoms with Gasteiger partial charge in [0.25, 0.3) is 5.91 Å². The van der Waals surface area contributed by atoms with E-state index in [0.717, 1.165) is 12.8 Å². The summed E-state index contributed by atoms with van der Waals surface area (Å²) in [6.45, 7) is 5.39. The summed E-state index contributed by atoms with van der Waals surface area (Å²) < 4.78 is 5.64. The molecular formula is C15H20BrN3O3. The fraction of sp³-hybridized carbons (Fsp3) is 0.533. The van der Waals surface area contributed by atoms with Gasteiger partial charge in [-0.15, -0.1) is 0 Å². The van der Waals surface area contributed by atoms with Gasteiger partial charge in [-0.25, -0.2) is 9.78 Å². The first kappa shape index (κ1) is 16.7. The number of halogens is 1. The minimum atomic E-state index is -0.549. The summed E-state index contributed by atoms with van der Waals surface area (Å²) in [5.41, 5.74) is -0.485. The lowest BCUT2D eigenvalue weighted by Crippen LogP contribution is -2.48. The number of nitrogens with zero attached hydrogens (tertiary/aromatic N) is 2. The Morgan fingerprint density at radius 1 is 1.41 bits per heavy atom. The maximum absolute atomic E-state index is 12.5. The molecule has 1 fully saturated rings. The number of anilines is 1. The molecule has 1 saturated carbocycles. The monoisotopic (exact) mass is 369 g/mol. The van der Waals surface area contributed by atoms with Crippen molar-refractivity contribution in [1.29, 1.82) is 0 Å². The zero-order chi connectivity index (χ0) is 16.3. The van der Waals surface area contributed by atoms with Gasteiger partial charge in [0.15, 0.2) is 6.61 Å². The minimum Gasteiger partial charge on any atom is -0.439 e. The van der Waals surface area contributed by atoms with Crippen LogP contribution in [0.3, 0.4) is 0 Å². The van der Waals surface area contributed by atoms with Crippen molar-refractivity contribution >= 4 is 33.7 Å². The average Bonchev–Trinajstić information content (AvgIpc) is 3.19. The molecule has 2 amide bonds. The van der Waals surface area contributed by atoms with Crippen LogP contribution in [0.5, 0.6) is 0 Å². The van der Waals surface area contributed by atoms with Crippen molar-refractivity contribution in [3.63, 3.8) is 0 Å². The van der Waals surface area contributed by atoms with E-state index in [9.17, 15) is 9.59 Å². The number of nitrogens with one attached hydrogen (secondary N) is 1. The van der Waals surface area contributed by atoms with Crippen LogP contribution in [-0.2, 0) is 9.53 Å². The van der Waals surface area contributed by atoms with Gasteiger partial charge in [0.05, 0.1) is 0 Å². The normalized spacial score (nSPS) is 14.4. The topological polar surface area (TPSA) is 71.5 Å². The third kappa shape index (κ3) is 4.69. The third-order valence-electron chi connectivity index (χ3n) is 3.08. The van der Waals surface area contributed by atoms with Gasteiger partial charge in [-0.3, -0.25) is 9.69 Å². The molecular weight excluding hydrogens is 350 g/mol. The molecule has 1 aliphatic rings. The molecule has 120 valence electrons. The summed E-state index contributed by atoms with van der Waals surface area (Å²) in [5, 5.41) is 2.68. The third-order valence-corrected chi connectivity index (χ3v) is 3.52. The molecule has 1 N–H and O–H groups in total. The van der Waals surface area contributed by atoms with E-state index in [1.54, 1.807) is 18.2 Å². The number of aromatic nitrogens is 1. The second-order valence-corrected chi connectivity index (χ2v) is 7.03. The van der Waals surface area contributed by atoms with E-state index in [2.05, 4.69) is 26.2 Å².